The van der Waals surface area contributed by atoms with Crippen LogP contribution in [0.1, 0.15) is 6.92 Å². The zero-order chi connectivity index (χ0) is 17.0. The monoisotopic (exact) mass is 325 g/mol. The predicted octanol–water partition coefficient (Wildman–Crippen LogP) is -3.99. The fourth-order valence-corrected chi connectivity index (χ4v) is 2.35. The molecule has 1 heterocycles. The maximum Gasteiger partial charge on any atom is 0.373 e. The first-order chi connectivity index (χ1) is 10.3. The average molecular weight is 325 g/mol. The van der Waals surface area contributed by atoms with Crippen molar-refractivity contribution >= 4 is 11.9 Å². The van der Waals surface area contributed by atoms with Crippen molar-refractivity contribution in [2.75, 3.05) is 13.2 Å². The topological polar surface area (TPSA) is 177 Å². The summed E-state index contributed by atoms with van der Waals surface area (Å²) < 4.78 is 4.76. The summed E-state index contributed by atoms with van der Waals surface area (Å²) in [5, 5.41) is 56.4. The van der Waals surface area contributed by atoms with E-state index in [0.29, 0.717) is 0 Å². The first-order valence-electron chi connectivity index (χ1n) is 6.35. The van der Waals surface area contributed by atoms with Crippen molar-refractivity contribution in [2.24, 2.45) is 0 Å². The summed E-state index contributed by atoms with van der Waals surface area (Å²) in [5.74, 6) is -2.17. The standard InChI is InChI=1S/C11H19NO10/c1-4(15)12(5(2-13)3-14)6-7(16)8(17)9(11(19)22-20)21-10(6)18/h5-10,13-14,16-18,20H,2-3H2,1H3. The minimum Gasteiger partial charge on any atom is -0.394 e. The fraction of sp³-hybridized carbons (Fsp3) is 0.818. The van der Waals surface area contributed by atoms with Crippen molar-refractivity contribution in [3.05, 3.63) is 0 Å². The molecule has 6 N–H and O–H groups in total. The second-order valence-electron chi connectivity index (χ2n) is 4.77. The SMILES string of the molecule is CC(=O)N(C(CO)CO)C1C(O)OC(C(=O)OO)C(O)C1O. The van der Waals surface area contributed by atoms with Gasteiger partial charge in [-0.15, -0.1) is 0 Å². The van der Waals surface area contributed by atoms with Crippen molar-refractivity contribution < 1.29 is 50.0 Å². The van der Waals surface area contributed by atoms with Crippen LogP contribution in [-0.2, 0) is 19.2 Å². The Hall–Kier alpha value is -1.34. The van der Waals surface area contributed by atoms with E-state index in [4.69, 9.17) is 20.2 Å². The number of aliphatic hydroxyl groups is 5. The van der Waals surface area contributed by atoms with Gasteiger partial charge >= 0.3 is 5.97 Å². The molecule has 11 heteroatoms. The summed E-state index contributed by atoms with van der Waals surface area (Å²) in [6, 6.07) is -2.72. The molecule has 128 valence electrons. The number of rotatable bonds is 5. The van der Waals surface area contributed by atoms with Gasteiger partial charge in [0.15, 0.2) is 12.4 Å². The number of carbonyl (C=O) groups is 2. The molecule has 0 aromatic heterocycles. The molecule has 5 atom stereocenters. The van der Waals surface area contributed by atoms with Crippen molar-refractivity contribution in [3.63, 3.8) is 0 Å². The normalized spacial score (nSPS) is 31.9. The van der Waals surface area contributed by atoms with Crippen molar-refractivity contribution in [2.45, 2.75) is 43.6 Å². The summed E-state index contributed by atoms with van der Waals surface area (Å²) in [6.45, 7) is -0.299. The smallest absolute Gasteiger partial charge is 0.373 e. The van der Waals surface area contributed by atoms with Crippen LogP contribution in [0, 0.1) is 0 Å². The van der Waals surface area contributed by atoms with Gasteiger partial charge in [0, 0.05) is 6.92 Å². The van der Waals surface area contributed by atoms with Gasteiger partial charge in [-0.1, -0.05) is 0 Å². The Kier molecular flexibility index (Phi) is 6.62. The Morgan fingerprint density at radius 1 is 1.18 bits per heavy atom. The lowest BCUT2D eigenvalue weighted by atomic mass is 9.94. The molecule has 5 unspecified atom stereocenters. The van der Waals surface area contributed by atoms with Gasteiger partial charge in [0.05, 0.1) is 19.3 Å². The molecule has 1 saturated heterocycles. The molecule has 11 nitrogen and oxygen atoms in total. The van der Waals surface area contributed by atoms with Crippen LogP contribution in [0.3, 0.4) is 0 Å². The Morgan fingerprint density at radius 3 is 2.14 bits per heavy atom. The number of aliphatic hydroxyl groups excluding tert-OH is 5. The molecule has 0 aromatic rings. The lowest BCUT2D eigenvalue weighted by molar-refractivity contribution is -0.292. The molecule has 1 amide bonds. The van der Waals surface area contributed by atoms with Crippen LogP contribution < -0.4 is 0 Å². The molecular weight excluding hydrogens is 306 g/mol. The third kappa shape index (κ3) is 3.52. The number of hydrogen-bond donors (Lipinski definition) is 6. The molecule has 0 spiro atoms. The van der Waals surface area contributed by atoms with Crippen LogP contribution in [0.4, 0.5) is 0 Å². The molecule has 1 aliphatic rings. The van der Waals surface area contributed by atoms with Crippen LogP contribution in [-0.4, -0.2) is 97.5 Å². The number of ether oxygens (including phenoxy) is 1. The second kappa shape index (κ2) is 7.78. The van der Waals surface area contributed by atoms with E-state index in [1.165, 1.54) is 0 Å². The van der Waals surface area contributed by atoms with Crippen molar-refractivity contribution in [1.82, 2.24) is 4.90 Å². The second-order valence-corrected chi connectivity index (χ2v) is 4.77. The molecular formula is C11H19NO10. The third-order valence-corrected chi connectivity index (χ3v) is 3.41. The first kappa shape index (κ1) is 18.7. The lowest BCUT2D eigenvalue weighted by Crippen LogP contribution is -2.68. The van der Waals surface area contributed by atoms with E-state index in [1.807, 2.05) is 0 Å². The quantitative estimate of drug-likeness (QED) is 0.216. The van der Waals surface area contributed by atoms with Crippen molar-refractivity contribution in [1.29, 1.82) is 0 Å². The van der Waals surface area contributed by atoms with Crippen molar-refractivity contribution in [3.8, 4) is 0 Å². The van der Waals surface area contributed by atoms with E-state index in [0.717, 1.165) is 11.8 Å². The van der Waals surface area contributed by atoms with Crippen LogP contribution in [0.2, 0.25) is 0 Å². The lowest BCUT2D eigenvalue weighted by Gasteiger charge is -2.46. The Morgan fingerprint density at radius 2 is 1.73 bits per heavy atom. The van der Waals surface area contributed by atoms with Gasteiger partial charge in [0.1, 0.15) is 18.2 Å². The molecule has 0 saturated carbocycles. The zero-order valence-corrected chi connectivity index (χ0v) is 11.6. The van der Waals surface area contributed by atoms with Gasteiger partial charge < -0.3 is 35.2 Å². The third-order valence-electron chi connectivity index (χ3n) is 3.41. The van der Waals surface area contributed by atoms with Crippen LogP contribution in [0.5, 0.6) is 0 Å². The molecule has 0 bridgehead atoms. The number of carbonyl (C=O) groups excluding carboxylic acids is 2. The van der Waals surface area contributed by atoms with E-state index < -0.39 is 61.8 Å². The molecule has 0 aliphatic carbocycles. The maximum absolute atomic E-state index is 11.7. The minimum atomic E-state index is -1.94. The molecule has 0 radical (unpaired) electrons. The van der Waals surface area contributed by atoms with E-state index in [9.17, 15) is 24.9 Å². The van der Waals surface area contributed by atoms with E-state index in [1.54, 1.807) is 0 Å². The predicted molar refractivity (Wildman–Crippen MR) is 65.9 cm³/mol. The van der Waals surface area contributed by atoms with Gasteiger partial charge in [-0.2, -0.15) is 5.26 Å². The number of nitrogens with zero attached hydrogens (tertiary/aromatic N) is 1. The summed E-state index contributed by atoms with van der Waals surface area (Å²) in [5.41, 5.74) is 0. The largest absolute Gasteiger partial charge is 0.394 e. The highest BCUT2D eigenvalue weighted by Crippen LogP contribution is 2.26. The summed E-state index contributed by atoms with van der Waals surface area (Å²) in [7, 11) is 0. The summed E-state index contributed by atoms with van der Waals surface area (Å²) >= 11 is 0. The molecule has 1 rings (SSSR count). The fourth-order valence-electron chi connectivity index (χ4n) is 2.35. The van der Waals surface area contributed by atoms with Gasteiger partial charge in [-0.25, -0.2) is 4.79 Å². The first-order valence-corrected chi connectivity index (χ1v) is 6.35. The highest BCUT2D eigenvalue weighted by Gasteiger charge is 2.51. The Bertz CT molecular complexity index is 400. The molecule has 22 heavy (non-hydrogen) atoms. The molecule has 1 aliphatic heterocycles. The zero-order valence-electron chi connectivity index (χ0n) is 11.6. The highest BCUT2D eigenvalue weighted by atomic mass is 17.1. The Labute approximate surface area is 124 Å². The van der Waals surface area contributed by atoms with Crippen LogP contribution in [0.25, 0.3) is 0 Å². The average Bonchev–Trinajstić information content (AvgIpc) is 2.49. The van der Waals surface area contributed by atoms with E-state index in [-0.39, 0.29) is 0 Å². The minimum absolute atomic E-state index is 0.676. The van der Waals surface area contributed by atoms with Crippen LogP contribution in [0.15, 0.2) is 0 Å². The van der Waals surface area contributed by atoms with Gasteiger partial charge in [0.2, 0.25) is 5.91 Å². The summed E-state index contributed by atoms with van der Waals surface area (Å²) in [4.78, 5) is 27.0. The maximum atomic E-state index is 11.7. The Balaban J connectivity index is 3.08. The van der Waals surface area contributed by atoms with Gasteiger partial charge in [-0.05, 0) is 0 Å². The van der Waals surface area contributed by atoms with E-state index >= 15 is 0 Å². The number of hydrogen-bond acceptors (Lipinski definition) is 10. The molecule has 0 aromatic carbocycles. The van der Waals surface area contributed by atoms with Gasteiger partial charge in [-0.3, -0.25) is 9.68 Å². The number of amides is 1. The van der Waals surface area contributed by atoms with Gasteiger partial charge in [0.25, 0.3) is 0 Å². The van der Waals surface area contributed by atoms with E-state index in [2.05, 4.69) is 4.89 Å². The highest BCUT2D eigenvalue weighted by molar-refractivity contribution is 5.76. The molecule has 1 fully saturated rings. The summed E-state index contributed by atoms with van der Waals surface area (Å²) in [6.07, 6.45) is -7.60. The van der Waals surface area contributed by atoms with Crippen LogP contribution >= 0.6 is 0 Å².